The van der Waals surface area contributed by atoms with Gasteiger partial charge in [0.1, 0.15) is 0 Å². The molecule has 84 valence electrons. The van der Waals surface area contributed by atoms with E-state index in [4.69, 9.17) is 17.3 Å². The highest BCUT2D eigenvalue weighted by molar-refractivity contribution is 6.30. The van der Waals surface area contributed by atoms with Crippen LogP contribution in [0.25, 0.3) is 0 Å². The second-order valence-corrected chi connectivity index (χ2v) is 5.59. The molecule has 15 heavy (non-hydrogen) atoms. The predicted molar refractivity (Wildman–Crippen MR) is 67.2 cm³/mol. The fraction of sp³-hybridized carbons (Fsp3) is 0.538. The molecule has 0 radical (unpaired) electrons. The number of benzene rings is 1. The Morgan fingerprint density at radius 1 is 1.40 bits per heavy atom. The predicted octanol–water partition coefficient (Wildman–Crippen LogP) is 3.65. The summed E-state index contributed by atoms with van der Waals surface area (Å²) >= 11 is 5.95. The molecule has 0 aromatic heterocycles. The molecule has 0 heterocycles. The third kappa shape index (κ3) is 4.67. The van der Waals surface area contributed by atoms with Crippen molar-refractivity contribution in [2.24, 2.45) is 11.1 Å². The Morgan fingerprint density at radius 3 is 2.60 bits per heavy atom. The maximum Gasteiger partial charge on any atom is 0.0408 e. The summed E-state index contributed by atoms with van der Waals surface area (Å²) in [6.45, 7) is 6.55. The zero-order valence-electron chi connectivity index (χ0n) is 9.76. The summed E-state index contributed by atoms with van der Waals surface area (Å²) in [6, 6.07) is 8.31. The highest BCUT2D eigenvalue weighted by Gasteiger charge is 2.20. The van der Waals surface area contributed by atoms with Gasteiger partial charge in [0.25, 0.3) is 0 Å². The lowest BCUT2D eigenvalue weighted by atomic mass is 9.80. The van der Waals surface area contributed by atoms with Crippen LogP contribution in [0.5, 0.6) is 0 Å². The van der Waals surface area contributed by atoms with Crippen LogP contribution in [-0.4, -0.2) is 6.04 Å². The minimum Gasteiger partial charge on any atom is -0.328 e. The van der Waals surface area contributed by atoms with Gasteiger partial charge in [0.15, 0.2) is 0 Å². The van der Waals surface area contributed by atoms with Gasteiger partial charge < -0.3 is 5.73 Å². The van der Waals surface area contributed by atoms with Gasteiger partial charge in [-0.3, -0.25) is 0 Å². The van der Waals surface area contributed by atoms with Crippen molar-refractivity contribution >= 4 is 11.6 Å². The molecular formula is C13H20ClN. The van der Waals surface area contributed by atoms with E-state index < -0.39 is 0 Å². The van der Waals surface area contributed by atoms with Gasteiger partial charge in [-0.15, -0.1) is 0 Å². The number of halogens is 1. The molecular weight excluding hydrogens is 206 g/mol. The van der Waals surface area contributed by atoms with Crippen LogP contribution in [0.1, 0.15) is 32.8 Å². The van der Waals surface area contributed by atoms with Crippen LogP contribution in [0.15, 0.2) is 24.3 Å². The molecule has 2 N–H and O–H groups in total. The summed E-state index contributed by atoms with van der Waals surface area (Å²) in [5.41, 5.74) is 7.36. The van der Waals surface area contributed by atoms with Crippen LogP contribution in [0.3, 0.4) is 0 Å². The molecule has 1 unspecified atom stereocenters. The standard InChI is InChI=1S/C13H20ClN/c1-10(15)8-13(2,3)9-11-5-4-6-12(14)7-11/h4-7,10H,8-9,15H2,1-3H3. The average molecular weight is 226 g/mol. The van der Waals surface area contributed by atoms with Gasteiger partial charge in [0, 0.05) is 11.1 Å². The highest BCUT2D eigenvalue weighted by atomic mass is 35.5. The van der Waals surface area contributed by atoms with Crippen molar-refractivity contribution in [1.29, 1.82) is 0 Å². The van der Waals surface area contributed by atoms with Crippen molar-refractivity contribution in [1.82, 2.24) is 0 Å². The molecule has 1 aromatic rings. The fourth-order valence-corrected chi connectivity index (χ4v) is 2.36. The summed E-state index contributed by atoms with van der Waals surface area (Å²) in [5.74, 6) is 0. The maximum atomic E-state index is 5.95. The molecule has 0 amide bonds. The van der Waals surface area contributed by atoms with Crippen molar-refractivity contribution in [3.8, 4) is 0 Å². The van der Waals surface area contributed by atoms with Gasteiger partial charge in [0.2, 0.25) is 0 Å². The average Bonchev–Trinajstić information content (AvgIpc) is 1.99. The molecule has 0 aliphatic rings. The Bertz CT molecular complexity index is 318. The van der Waals surface area contributed by atoms with Gasteiger partial charge in [0.05, 0.1) is 0 Å². The molecule has 0 saturated heterocycles. The fourth-order valence-electron chi connectivity index (χ4n) is 2.14. The number of hydrogen-bond donors (Lipinski definition) is 1. The van der Waals surface area contributed by atoms with Crippen molar-refractivity contribution in [2.75, 3.05) is 0 Å². The van der Waals surface area contributed by atoms with Crippen molar-refractivity contribution in [3.63, 3.8) is 0 Å². The quantitative estimate of drug-likeness (QED) is 0.832. The SMILES string of the molecule is CC(N)CC(C)(C)Cc1cccc(Cl)c1. The monoisotopic (exact) mass is 225 g/mol. The van der Waals surface area contributed by atoms with Crippen LogP contribution in [-0.2, 0) is 6.42 Å². The van der Waals surface area contributed by atoms with E-state index in [9.17, 15) is 0 Å². The van der Waals surface area contributed by atoms with E-state index >= 15 is 0 Å². The van der Waals surface area contributed by atoms with Crippen LogP contribution in [0, 0.1) is 5.41 Å². The van der Waals surface area contributed by atoms with Crippen molar-refractivity contribution < 1.29 is 0 Å². The third-order valence-corrected chi connectivity index (χ3v) is 2.68. The van der Waals surface area contributed by atoms with E-state index in [1.165, 1.54) is 5.56 Å². The van der Waals surface area contributed by atoms with Crippen LogP contribution < -0.4 is 5.73 Å². The largest absolute Gasteiger partial charge is 0.328 e. The van der Waals surface area contributed by atoms with Crippen LogP contribution in [0.4, 0.5) is 0 Å². The zero-order chi connectivity index (χ0) is 11.5. The number of rotatable bonds is 4. The van der Waals surface area contributed by atoms with E-state index in [2.05, 4.69) is 26.8 Å². The smallest absolute Gasteiger partial charge is 0.0408 e. The molecule has 0 bridgehead atoms. The van der Waals surface area contributed by atoms with Gasteiger partial charge in [-0.1, -0.05) is 37.6 Å². The van der Waals surface area contributed by atoms with Gasteiger partial charge in [-0.2, -0.15) is 0 Å². The molecule has 0 spiro atoms. The minimum absolute atomic E-state index is 0.235. The Labute approximate surface area is 97.6 Å². The normalized spacial score (nSPS) is 13.9. The van der Waals surface area contributed by atoms with Crippen LogP contribution in [0.2, 0.25) is 5.02 Å². The summed E-state index contributed by atoms with van der Waals surface area (Å²) in [5, 5.41) is 0.809. The Hall–Kier alpha value is -0.530. The number of nitrogens with two attached hydrogens (primary N) is 1. The molecule has 1 atom stereocenters. The van der Waals surface area contributed by atoms with Gasteiger partial charge in [-0.25, -0.2) is 0 Å². The first-order valence-electron chi connectivity index (χ1n) is 5.39. The first kappa shape index (κ1) is 12.5. The lowest BCUT2D eigenvalue weighted by Gasteiger charge is -2.26. The molecule has 0 aliphatic heterocycles. The van der Waals surface area contributed by atoms with E-state index in [1.54, 1.807) is 0 Å². The topological polar surface area (TPSA) is 26.0 Å². The van der Waals surface area contributed by atoms with Crippen molar-refractivity contribution in [2.45, 2.75) is 39.7 Å². The summed E-state index contributed by atoms with van der Waals surface area (Å²) in [4.78, 5) is 0. The number of hydrogen-bond acceptors (Lipinski definition) is 1. The van der Waals surface area contributed by atoms with Gasteiger partial charge in [-0.05, 0) is 42.9 Å². The molecule has 1 nitrogen and oxygen atoms in total. The maximum absolute atomic E-state index is 5.95. The third-order valence-electron chi connectivity index (χ3n) is 2.45. The zero-order valence-corrected chi connectivity index (χ0v) is 10.5. The second-order valence-electron chi connectivity index (χ2n) is 5.15. The van der Waals surface area contributed by atoms with E-state index in [-0.39, 0.29) is 11.5 Å². The molecule has 1 aromatic carbocycles. The molecule has 0 saturated carbocycles. The first-order chi connectivity index (χ1) is 6.89. The van der Waals surface area contributed by atoms with Crippen molar-refractivity contribution in [3.05, 3.63) is 34.9 Å². The van der Waals surface area contributed by atoms with E-state index in [0.29, 0.717) is 0 Å². The van der Waals surface area contributed by atoms with Crippen LogP contribution >= 0.6 is 11.6 Å². The summed E-state index contributed by atoms with van der Waals surface area (Å²) in [7, 11) is 0. The Morgan fingerprint density at radius 2 is 2.07 bits per heavy atom. The van der Waals surface area contributed by atoms with E-state index in [0.717, 1.165) is 17.9 Å². The Kier molecular flexibility index (Phi) is 4.18. The highest BCUT2D eigenvalue weighted by Crippen LogP contribution is 2.27. The van der Waals surface area contributed by atoms with E-state index in [1.807, 2.05) is 18.2 Å². The summed E-state index contributed by atoms with van der Waals surface area (Å²) in [6.07, 6.45) is 2.05. The lowest BCUT2D eigenvalue weighted by molar-refractivity contribution is 0.309. The molecule has 0 fully saturated rings. The minimum atomic E-state index is 0.235. The molecule has 2 heteroatoms. The Balaban J connectivity index is 2.68. The molecule has 0 aliphatic carbocycles. The van der Waals surface area contributed by atoms with Gasteiger partial charge >= 0.3 is 0 Å². The molecule has 1 rings (SSSR count). The lowest BCUT2D eigenvalue weighted by Crippen LogP contribution is -2.26. The first-order valence-corrected chi connectivity index (χ1v) is 5.77. The second kappa shape index (κ2) is 5.00. The summed E-state index contributed by atoms with van der Waals surface area (Å²) < 4.78 is 0.